The number of carbonyl (C=O) groups is 3. The van der Waals surface area contributed by atoms with E-state index in [-0.39, 0.29) is 12.8 Å². The molecule has 0 saturated heterocycles. The van der Waals surface area contributed by atoms with Crippen molar-refractivity contribution in [3.63, 3.8) is 0 Å². The van der Waals surface area contributed by atoms with Gasteiger partial charge in [0.05, 0.1) is 0 Å². The highest BCUT2D eigenvalue weighted by atomic mass is 17.2. The van der Waals surface area contributed by atoms with Gasteiger partial charge in [0.25, 0.3) is 0 Å². The van der Waals surface area contributed by atoms with Crippen LogP contribution < -0.4 is 0 Å². The van der Waals surface area contributed by atoms with Gasteiger partial charge in [-0.2, -0.15) is 0 Å². The molecule has 0 aromatic rings. The molecule has 0 unspecified atom stereocenters. The third-order valence-corrected chi connectivity index (χ3v) is 2.40. The first-order valence-corrected chi connectivity index (χ1v) is 6.56. The summed E-state index contributed by atoms with van der Waals surface area (Å²) >= 11 is 0. The highest BCUT2D eigenvalue weighted by Crippen LogP contribution is 2.06. The Hall–Kier alpha value is -1.39. The molecule has 0 aromatic heterocycles. The largest absolute Gasteiger partial charge is 0.421 e. The van der Waals surface area contributed by atoms with Gasteiger partial charge in [-0.1, -0.05) is 39.5 Å². The first kappa shape index (κ1) is 16.6. The average Bonchev–Trinajstić information content (AvgIpc) is 2.35. The third-order valence-electron chi connectivity index (χ3n) is 2.40. The fourth-order valence-electron chi connectivity index (χ4n) is 1.37. The van der Waals surface area contributed by atoms with Gasteiger partial charge in [0.2, 0.25) is 5.78 Å². The predicted octanol–water partition coefficient (Wildman–Crippen LogP) is 2.72. The van der Waals surface area contributed by atoms with Crippen molar-refractivity contribution in [3.8, 4) is 0 Å². The minimum absolute atomic E-state index is 0.147. The summed E-state index contributed by atoms with van der Waals surface area (Å²) in [5.74, 6) is -2.37. The van der Waals surface area contributed by atoms with Crippen LogP contribution in [0, 0.1) is 0 Å². The van der Waals surface area contributed by atoms with Crippen molar-refractivity contribution in [2.45, 2.75) is 65.2 Å². The van der Waals surface area contributed by atoms with E-state index in [0.29, 0.717) is 12.8 Å². The van der Waals surface area contributed by atoms with Gasteiger partial charge in [0.15, 0.2) is 0 Å². The second-order valence-corrected chi connectivity index (χ2v) is 4.16. The Labute approximate surface area is 108 Å². The maximum Gasteiger partial charge on any atom is 0.421 e. The van der Waals surface area contributed by atoms with Crippen LogP contribution in [0.2, 0.25) is 0 Å². The number of ketones is 1. The van der Waals surface area contributed by atoms with Crippen molar-refractivity contribution in [1.29, 1.82) is 0 Å². The van der Waals surface area contributed by atoms with Crippen LogP contribution in [-0.4, -0.2) is 17.7 Å². The monoisotopic (exact) mass is 258 g/mol. The van der Waals surface area contributed by atoms with Gasteiger partial charge < -0.3 is 0 Å². The molecule has 104 valence electrons. The summed E-state index contributed by atoms with van der Waals surface area (Å²) in [5.41, 5.74) is 0. The number of hydrogen-bond donors (Lipinski definition) is 0. The molecule has 0 radical (unpaired) electrons. The van der Waals surface area contributed by atoms with Gasteiger partial charge >= 0.3 is 11.9 Å². The Morgan fingerprint density at radius 2 is 1.44 bits per heavy atom. The maximum atomic E-state index is 11.3. The fourth-order valence-corrected chi connectivity index (χ4v) is 1.37. The van der Waals surface area contributed by atoms with E-state index >= 15 is 0 Å². The van der Waals surface area contributed by atoms with Gasteiger partial charge in [-0.05, 0) is 12.8 Å². The second-order valence-electron chi connectivity index (χ2n) is 4.16. The van der Waals surface area contributed by atoms with E-state index in [9.17, 15) is 14.4 Å². The number of carbonyl (C=O) groups excluding carboxylic acids is 3. The van der Waals surface area contributed by atoms with Crippen LogP contribution in [0.1, 0.15) is 65.2 Å². The smallest absolute Gasteiger partial charge is 0.287 e. The maximum absolute atomic E-state index is 11.3. The Morgan fingerprint density at radius 3 is 2.06 bits per heavy atom. The molecular weight excluding hydrogens is 236 g/mol. The van der Waals surface area contributed by atoms with E-state index < -0.39 is 17.7 Å². The molecule has 0 amide bonds. The number of rotatable bonds is 9. The predicted molar refractivity (Wildman–Crippen MR) is 65.5 cm³/mol. The Balaban J connectivity index is 3.63. The van der Waals surface area contributed by atoms with Crippen LogP contribution in [0.5, 0.6) is 0 Å². The average molecular weight is 258 g/mol. The second kappa shape index (κ2) is 10.7. The molecule has 0 rings (SSSR count). The van der Waals surface area contributed by atoms with Gasteiger partial charge in [-0.15, -0.1) is 0 Å². The van der Waals surface area contributed by atoms with Crippen molar-refractivity contribution in [3.05, 3.63) is 0 Å². The van der Waals surface area contributed by atoms with E-state index in [2.05, 4.69) is 16.7 Å². The van der Waals surface area contributed by atoms with Gasteiger partial charge in [-0.25, -0.2) is 19.4 Å². The Kier molecular flexibility index (Phi) is 9.91. The minimum atomic E-state index is -1.09. The van der Waals surface area contributed by atoms with Crippen LogP contribution in [0.25, 0.3) is 0 Å². The van der Waals surface area contributed by atoms with E-state index in [4.69, 9.17) is 0 Å². The number of Topliss-reactive ketones (excluding diaryl/α,β-unsaturated/α-hetero) is 1. The SMILES string of the molecule is CCCCCCCC(=O)C(=O)OOC(=O)CCC. The third kappa shape index (κ3) is 8.73. The molecule has 0 bridgehead atoms. The minimum Gasteiger partial charge on any atom is -0.287 e. The first-order valence-electron chi connectivity index (χ1n) is 6.56. The highest BCUT2D eigenvalue weighted by Gasteiger charge is 2.18. The van der Waals surface area contributed by atoms with E-state index in [1.54, 1.807) is 6.92 Å². The molecule has 0 aliphatic rings. The molecule has 18 heavy (non-hydrogen) atoms. The van der Waals surface area contributed by atoms with Crippen LogP contribution >= 0.6 is 0 Å². The number of unbranched alkanes of at least 4 members (excludes halogenated alkanes) is 4. The molecule has 0 spiro atoms. The first-order chi connectivity index (χ1) is 8.61. The molecule has 0 aromatic carbocycles. The van der Waals surface area contributed by atoms with Crippen molar-refractivity contribution >= 4 is 17.7 Å². The van der Waals surface area contributed by atoms with Crippen LogP contribution in [-0.2, 0) is 24.2 Å². The number of hydrogen-bond acceptors (Lipinski definition) is 5. The molecule has 0 saturated carbocycles. The summed E-state index contributed by atoms with van der Waals surface area (Å²) in [6, 6.07) is 0. The Morgan fingerprint density at radius 1 is 0.778 bits per heavy atom. The molecular formula is C13H22O5. The van der Waals surface area contributed by atoms with Gasteiger partial charge in [0, 0.05) is 12.8 Å². The van der Waals surface area contributed by atoms with Crippen LogP contribution in [0.4, 0.5) is 0 Å². The summed E-state index contributed by atoms with van der Waals surface area (Å²) in [6.45, 7) is 3.90. The molecule has 0 fully saturated rings. The van der Waals surface area contributed by atoms with Crippen molar-refractivity contribution in [2.75, 3.05) is 0 Å². The van der Waals surface area contributed by atoms with E-state index in [1.807, 2.05) is 0 Å². The molecule has 0 aliphatic heterocycles. The highest BCUT2D eigenvalue weighted by molar-refractivity contribution is 6.33. The van der Waals surface area contributed by atoms with Crippen molar-refractivity contribution in [2.24, 2.45) is 0 Å². The molecule has 0 aliphatic carbocycles. The standard InChI is InChI=1S/C13H22O5/c1-3-5-6-7-8-10-11(14)13(16)18-17-12(15)9-4-2/h3-10H2,1-2H3. The zero-order valence-corrected chi connectivity index (χ0v) is 11.2. The molecule has 0 atom stereocenters. The summed E-state index contributed by atoms with van der Waals surface area (Å²) < 4.78 is 0. The summed E-state index contributed by atoms with van der Waals surface area (Å²) in [7, 11) is 0. The van der Waals surface area contributed by atoms with Crippen LogP contribution in [0.3, 0.4) is 0 Å². The lowest BCUT2D eigenvalue weighted by atomic mass is 10.1. The zero-order valence-electron chi connectivity index (χ0n) is 11.2. The summed E-state index contributed by atoms with van der Waals surface area (Å²) in [4.78, 5) is 41.7. The van der Waals surface area contributed by atoms with Gasteiger partial charge in [-0.3, -0.25) is 4.79 Å². The van der Waals surface area contributed by atoms with E-state index in [1.165, 1.54) is 0 Å². The molecule has 0 N–H and O–H groups in total. The van der Waals surface area contributed by atoms with Crippen molar-refractivity contribution < 1.29 is 24.2 Å². The van der Waals surface area contributed by atoms with Crippen molar-refractivity contribution in [1.82, 2.24) is 0 Å². The quantitative estimate of drug-likeness (QED) is 0.275. The summed E-state index contributed by atoms with van der Waals surface area (Å²) in [6.07, 6.45) is 5.81. The lowest BCUT2D eigenvalue weighted by Gasteiger charge is -2.02. The zero-order chi connectivity index (χ0) is 13.8. The molecule has 5 nitrogen and oxygen atoms in total. The lowest BCUT2D eigenvalue weighted by Crippen LogP contribution is -2.19. The van der Waals surface area contributed by atoms with E-state index in [0.717, 1.165) is 25.7 Å². The normalized spacial score (nSPS) is 9.89. The molecule has 5 heteroatoms. The Bertz CT molecular complexity index is 273. The van der Waals surface area contributed by atoms with Crippen LogP contribution in [0.15, 0.2) is 0 Å². The topological polar surface area (TPSA) is 69.7 Å². The summed E-state index contributed by atoms with van der Waals surface area (Å²) in [5, 5.41) is 0. The van der Waals surface area contributed by atoms with Gasteiger partial charge in [0.1, 0.15) is 0 Å². The lowest BCUT2D eigenvalue weighted by molar-refractivity contribution is -0.256. The fraction of sp³-hybridized carbons (Fsp3) is 0.769. The molecule has 0 heterocycles.